The molecule has 1 aliphatic heterocycles. The van der Waals surface area contributed by atoms with E-state index in [1.807, 2.05) is 78.9 Å². The highest BCUT2D eigenvalue weighted by atomic mass is 16.7. The summed E-state index contributed by atoms with van der Waals surface area (Å²) in [6.45, 7) is 6.93. The van der Waals surface area contributed by atoms with Crippen LogP contribution in [0.1, 0.15) is 50.3 Å². The molecule has 0 radical (unpaired) electrons. The van der Waals surface area contributed by atoms with Gasteiger partial charge in [0.15, 0.2) is 0 Å². The number of amides is 2. The lowest BCUT2D eigenvalue weighted by Gasteiger charge is -2.64. The maximum Gasteiger partial charge on any atom is 0.459 e. The van der Waals surface area contributed by atoms with Gasteiger partial charge in [0, 0.05) is 18.8 Å². The van der Waals surface area contributed by atoms with Crippen molar-refractivity contribution in [1.82, 2.24) is 10.6 Å². The highest BCUT2D eigenvalue weighted by molar-refractivity contribution is 6.45. The molecule has 4 aliphatic rings. The molecule has 0 aromatic heterocycles. The average molecular weight is 608 g/mol. The minimum absolute atomic E-state index is 0.0728. The Balaban J connectivity index is 1.17. The first-order valence-corrected chi connectivity index (χ1v) is 16.4. The average Bonchev–Trinajstić information content (AvgIpc) is 3.37. The Labute approximate surface area is 267 Å². The fraction of sp³-hybridized carbons (Fsp3) is 0.459. The lowest BCUT2D eigenvalue weighted by molar-refractivity contribution is -0.199. The fourth-order valence-electron chi connectivity index (χ4n) is 7.98. The van der Waals surface area contributed by atoms with Crippen LogP contribution in [-0.4, -0.2) is 48.8 Å². The van der Waals surface area contributed by atoms with Gasteiger partial charge in [0.1, 0.15) is 6.04 Å². The summed E-state index contributed by atoms with van der Waals surface area (Å²) in [5.74, 6) is 0.533. The van der Waals surface area contributed by atoms with Gasteiger partial charge in [-0.1, -0.05) is 105 Å². The van der Waals surface area contributed by atoms with E-state index in [-0.39, 0.29) is 35.0 Å². The van der Waals surface area contributed by atoms with Gasteiger partial charge < -0.3 is 25.7 Å². The standard InChI is InChI=1S/C37H46BN3O4/c1-36(2)28-22-32(36)37(3)33(23-28)44-38(45-37)24-29(19-25-13-7-4-8-14-25)40-35(43)31(21-27-17-11-6-12-18-27)41-34(42)30(39)20-26-15-9-5-10-16-26/h4-18,28-33H,19-24,39H2,1-3H3,(H,40,43)(H,41,42)/t28?,29-,30+,31+,32?,33?,37-/m1/s1. The van der Waals surface area contributed by atoms with Crippen molar-refractivity contribution in [2.45, 2.75) is 89.0 Å². The van der Waals surface area contributed by atoms with E-state index in [0.717, 1.165) is 23.1 Å². The lowest BCUT2D eigenvalue weighted by atomic mass is 9.43. The van der Waals surface area contributed by atoms with Crippen molar-refractivity contribution in [3.05, 3.63) is 108 Å². The van der Waals surface area contributed by atoms with Crippen LogP contribution in [0.5, 0.6) is 0 Å². The highest BCUT2D eigenvalue weighted by Gasteiger charge is 2.67. The van der Waals surface area contributed by atoms with Crippen LogP contribution in [0.3, 0.4) is 0 Å². The lowest BCUT2D eigenvalue weighted by Crippen LogP contribution is -2.65. The normalized spacial score (nSPS) is 26.6. The molecule has 7 atom stereocenters. The minimum Gasteiger partial charge on any atom is -0.405 e. The molecule has 1 heterocycles. The summed E-state index contributed by atoms with van der Waals surface area (Å²) in [7, 11) is -0.411. The van der Waals surface area contributed by atoms with Crippen LogP contribution in [0.25, 0.3) is 0 Å². The van der Waals surface area contributed by atoms with Crippen molar-refractivity contribution >= 4 is 18.9 Å². The Morgan fingerprint density at radius 1 is 0.800 bits per heavy atom. The molecule has 0 spiro atoms. The smallest absolute Gasteiger partial charge is 0.405 e. The second-order valence-corrected chi connectivity index (χ2v) is 14.1. The number of nitrogens with two attached hydrogens (primary N) is 1. The molecule has 3 unspecified atom stereocenters. The number of rotatable bonds is 12. The zero-order chi connectivity index (χ0) is 31.6. The first kappa shape index (κ1) is 31.5. The first-order valence-electron chi connectivity index (χ1n) is 16.4. The van der Waals surface area contributed by atoms with Crippen molar-refractivity contribution < 1.29 is 18.9 Å². The summed E-state index contributed by atoms with van der Waals surface area (Å²) in [6, 6.07) is 27.7. The maximum absolute atomic E-state index is 14.0. The molecule has 7 nitrogen and oxygen atoms in total. The predicted octanol–water partition coefficient (Wildman–Crippen LogP) is 4.74. The second kappa shape index (κ2) is 13.1. The molecule has 3 aromatic rings. The minimum atomic E-state index is -0.793. The van der Waals surface area contributed by atoms with Gasteiger partial charge in [0.25, 0.3) is 0 Å². The summed E-state index contributed by atoms with van der Waals surface area (Å²) in [5.41, 5.74) is 9.31. The van der Waals surface area contributed by atoms with Crippen molar-refractivity contribution in [1.29, 1.82) is 0 Å². The number of nitrogens with one attached hydrogen (secondary N) is 2. The van der Waals surface area contributed by atoms with Crippen LogP contribution in [0.2, 0.25) is 6.32 Å². The van der Waals surface area contributed by atoms with E-state index in [4.69, 9.17) is 15.0 Å². The molecule has 3 aromatic carbocycles. The van der Waals surface area contributed by atoms with E-state index in [2.05, 4.69) is 43.5 Å². The summed E-state index contributed by atoms with van der Waals surface area (Å²) < 4.78 is 13.3. The highest BCUT2D eigenvalue weighted by Crippen LogP contribution is 2.65. The molecule has 45 heavy (non-hydrogen) atoms. The van der Waals surface area contributed by atoms with Crippen molar-refractivity contribution in [3.63, 3.8) is 0 Å². The van der Waals surface area contributed by atoms with Gasteiger partial charge in [-0.15, -0.1) is 0 Å². The number of carbonyl (C=O) groups is 2. The largest absolute Gasteiger partial charge is 0.459 e. The van der Waals surface area contributed by atoms with Crippen molar-refractivity contribution in [3.8, 4) is 0 Å². The number of carbonyl (C=O) groups excluding carboxylic acids is 2. The summed E-state index contributed by atoms with van der Waals surface area (Å²) >= 11 is 0. The quantitative estimate of drug-likeness (QED) is 0.258. The third kappa shape index (κ3) is 6.88. The zero-order valence-corrected chi connectivity index (χ0v) is 26.7. The van der Waals surface area contributed by atoms with E-state index < -0.39 is 19.2 Å². The van der Waals surface area contributed by atoms with Gasteiger partial charge >= 0.3 is 7.12 Å². The van der Waals surface area contributed by atoms with Crippen molar-refractivity contribution in [2.75, 3.05) is 0 Å². The third-order valence-electron chi connectivity index (χ3n) is 10.7. The maximum atomic E-state index is 14.0. The zero-order valence-electron chi connectivity index (χ0n) is 26.7. The summed E-state index contributed by atoms with van der Waals surface area (Å²) in [6.07, 6.45) is 4.15. The van der Waals surface area contributed by atoms with Gasteiger partial charge in [0.05, 0.1) is 17.7 Å². The SMILES string of the molecule is CC1(C)C2CC3OB(C[C@@H](Cc4ccccc4)NC(=O)[C@H](Cc4ccccc4)NC(=O)[C@@H](N)Cc4ccccc4)O[C@]3(C)C1C2. The molecule has 3 aliphatic carbocycles. The van der Waals surface area contributed by atoms with Crippen LogP contribution in [0.15, 0.2) is 91.0 Å². The molecular weight excluding hydrogens is 561 g/mol. The molecule has 1 saturated heterocycles. The molecule has 2 bridgehead atoms. The van der Waals surface area contributed by atoms with Crippen LogP contribution in [0.4, 0.5) is 0 Å². The Morgan fingerprint density at radius 2 is 1.36 bits per heavy atom. The van der Waals surface area contributed by atoms with Crippen LogP contribution >= 0.6 is 0 Å². The summed E-state index contributed by atoms with van der Waals surface area (Å²) in [4.78, 5) is 27.4. The van der Waals surface area contributed by atoms with E-state index >= 15 is 0 Å². The first-order chi connectivity index (χ1) is 21.6. The summed E-state index contributed by atoms with van der Waals surface area (Å²) in [5, 5.41) is 6.26. The Morgan fingerprint density at radius 3 is 1.93 bits per heavy atom. The molecule has 7 rings (SSSR count). The predicted molar refractivity (Wildman–Crippen MR) is 177 cm³/mol. The van der Waals surface area contributed by atoms with E-state index in [0.29, 0.717) is 37.4 Å². The van der Waals surface area contributed by atoms with Crippen LogP contribution in [-0.2, 0) is 38.2 Å². The van der Waals surface area contributed by atoms with E-state index in [1.54, 1.807) is 0 Å². The Bertz CT molecular complexity index is 1460. The van der Waals surface area contributed by atoms with Crippen LogP contribution in [0, 0.1) is 17.3 Å². The molecule has 8 heteroatoms. The van der Waals surface area contributed by atoms with Gasteiger partial charge in [-0.05, 0) is 66.5 Å². The second-order valence-electron chi connectivity index (χ2n) is 14.1. The fourth-order valence-corrected chi connectivity index (χ4v) is 7.98. The number of hydrogen-bond donors (Lipinski definition) is 3. The molecular formula is C37H46BN3O4. The third-order valence-corrected chi connectivity index (χ3v) is 10.7. The molecule has 236 valence electrons. The molecule has 4 N–H and O–H groups in total. The number of benzene rings is 3. The van der Waals surface area contributed by atoms with Gasteiger partial charge in [-0.2, -0.15) is 0 Å². The molecule has 4 fully saturated rings. The van der Waals surface area contributed by atoms with E-state index in [1.165, 1.54) is 6.42 Å². The van der Waals surface area contributed by atoms with Crippen LogP contribution < -0.4 is 16.4 Å². The number of hydrogen-bond acceptors (Lipinski definition) is 5. The topological polar surface area (TPSA) is 103 Å². The molecule has 2 amide bonds. The van der Waals surface area contributed by atoms with Gasteiger partial charge in [-0.3, -0.25) is 9.59 Å². The Kier molecular flexibility index (Phi) is 9.18. The monoisotopic (exact) mass is 607 g/mol. The van der Waals surface area contributed by atoms with Gasteiger partial charge in [0.2, 0.25) is 11.8 Å². The van der Waals surface area contributed by atoms with Crippen molar-refractivity contribution in [2.24, 2.45) is 23.0 Å². The Hall–Kier alpha value is -3.46. The van der Waals surface area contributed by atoms with Gasteiger partial charge in [-0.25, -0.2) is 0 Å². The molecule has 3 saturated carbocycles. The van der Waals surface area contributed by atoms with E-state index in [9.17, 15) is 9.59 Å².